The molecule has 2 fully saturated rings. The van der Waals surface area contributed by atoms with Gasteiger partial charge in [0.25, 0.3) is 5.91 Å². The summed E-state index contributed by atoms with van der Waals surface area (Å²) in [4.78, 5) is 17.9. The molecule has 0 saturated carbocycles. The molecule has 2 saturated heterocycles. The summed E-state index contributed by atoms with van der Waals surface area (Å²) in [6.07, 6.45) is -3.36. The Bertz CT molecular complexity index is 1250. The lowest BCUT2D eigenvalue weighted by Crippen LogP contribution is -2.44. The van der Waals surface area contributed by atoms with Crippen molar-refractivity contribution in [1.29, 1.82) is 5.26 Å². The molecule has 0 atom stereocenters. The summed E-state index contributed by atoms with van der Waals surface area (Å²) >= 11 is 5.49. The van der Waals surface area contributed by atoms with Gasteiger partial charge in [0.1, 0.15) is 11.6 Å². The molecule has 2 heterocycles. The van der Waals surface area contributed by atoms with E-state index < -0.39 is 34.6 Å². The molecule has 0 spiro atoms. The summed E-state index contributed by atoms with van der Waals surface area (Å²) in [5.41, 5.74) is -2.92. The highest BCUT2D eigenvalue weighted by Crippen LogP contribution is 2.40. The molecule has 36 heavy (non-hydrogen) atoms. The number of benzene rings is 2. The van der Waals surface area contributed by atoms with Crippen LogP contribution in [0.3, 0.4) is 0 Å². The molecule has 0 aromatic heterocycles. The number of anilines is 2. The first-order chi connectivity index (χ1) is 16.8. The van der Waals surface area contributed by atoms with E-state index >= 15 is 4.39 Å². The largest absolute Gasteiger partial charge is 0.487 e. The third-order valence-corrected chi connectivity index (χ3v) is 6.85. The normalized spacial score (nSPS) is 19.1. The van der Waals surface area contributed by atoms with Crippen molar-refractivity contribution in [2.24, 2.45) is 0 Å². The average molecular weight is 521 g/mol. The van der Waals surface area contributed by atoms with E-state index in [0.717, 1.165) is 43.0 Å². The van der Waals surface area contributed by atoms with E-state index in [9.17, 15) is 18.0 Å². The number of thiocarbonyl (C=S) groups is 1. The van der Waals surface area contributed by atoms with Crippen molar-refractivity contribution in [2.45, 2.75) is 44.5 Å². The highest BCUT2D eigenvalue weighted by Gasteiger charge is 2.51. The lowest BCUT2D eigenvalue weighted by molar-refractivity contribution is -0.137. The van der Waals surface area contributed by atoms with Crippen molar-refractivity contribution in [3.63, 3.8) is 0 Å². The predicted molar refractivity (Wildman–Crippen MR) is 130 cm³/mol. The van der Waals surface area contributed by atoms with Crippen LogP contribution in [-0.2, 0) is 11.0 Å². The van der Waals surface area contributed by atoms with E-state index in [0.29, 0.717) is 0 Å². The summed E-state index contributed by atoms with van der Waals surface area (Å²) in [5.74, 6) is -1.13. The fourth-order valence-electron chi connectivity index (χ4n) is 4.47. The van der Waals surface area contributed by atoms with Crippen LogP contribution in [0.15, 0.2) is 36.4 Å². The van der Waals surface area contributed by atoms with Gasteiger partial charge in [0.15, 0.2) is 16.7 Å². The van der Waals surface area contributed by atoms with E-state index in [-0.39, 0.29) is 28.3 Å². The SMILES string of the molecule is CN1CCC(Oc2ccc(N3C(=S)N(c4ccc(C#N)c(C(F)(F)F)c4)C(=O)C3(C)C)cc2F)CC1. The molecular weight excluding hydrogens is 496 g/mol. The minimum atomic E-state index is -4.80. The van der Waals surface area contributed by atoms with Gasteiger partial charge in [-0.2, -0.15) is 18.4 Å². The number of piperidine rings is 1. The third kappa shape index (κ3) is 4.63. The second-order valence-electron chi connectivity index (χ2n) is 9.39. The molecule has 190 valence electrons. The lowest BCUT2D eigenvalue weighted by Gasteiger charge is -2.31. The number of hydrogen-bond donors (Lipinski definition) is 0. The van der Waals surface area contributed by atoms with E-state index in [4.69, 9.17) is 22.2 Å². The first kappa shape index (κ1) is 25.9. The molecule has 2 aliphatic rings. The zero-order valence-electron chi connectivity index (χ0n) is 19.9. The van der Waals surface area contributed by atoms with Crippen LogP contribution < -0.4 is 14.5 Å². The Morgan fingerprint density at radius 1 is 1.11 bits per heavy atom. The highest BCUT2D eigenvalue weighted by atomic mass is 32.1. The van der Waals surface area contributed by atoms with E-state index in [1.54, 1.807) is 19.9 Å². The molecule has 0 N–H and O–H groups in total. The fraction of sp³-hybridized carbons (Fsp3) is 0.400. The zero-order chi connectivity index (χ0) is 26.4. The van der Waals surface area contributed by atoms with Gasteiger partial charge in [-0.05, 0) is 76.3 Å². The maximum absolute atomic E-state index is 15.0. The Kier molecular flexibility index (Phi) is 6.70. The van der Waals surface area contributed by atoms with Crippen molar-refractivity contribution in [1.82, 2.24) is 4.90 Å². The van der Waals surface area contributed by atoms with E-state index in [2.05, 4.69) is 4.90 Å². The Morgan fingerprint density at radius 3 is 2.33 bits per heavy atom. The summed E-state index contributed by atoms with van der Waals surface area (Å²) in [6, 6.07) is 8.71. The number of likely N-dealkylation sites (tertiary alicyclic amines) is 1. The van der Waals surface area contributed by atoms with Gasteiger partial charge in [-0.3, -0.25) is 9.69 Å². The first-order valence-corrected chi connectivity index (χ1v) is 11.7. The molecule has 6 nitrogen and oxygen atoms in total. The number of carbonyl (C=O) groups is 1. The van der Waals surface area contributed by atoms with Crippen LogP contribution in [0.1, 0.15) is 37.8 Å². The van der Waals surface area contributed by atoms with Gasteiger partial charge in [0.2, 0.25) is 0 Å². The van der Waals surface area contributed by atoms with Gasteiger partial charge in [-0.25, -0.2) is 4.39 Å². The quantitative estimate of drug-likeness (QED) is 0.413. The molecular formula is C25H24F4N4O2S. The molecule has 0 bridgehead atoms. The van der Waals surface area contributed by atoms with Gasteiger partial charge in [0.05, 0.1) is 22.9 Å². The first-order valence-electron chi connectivity index (χ1n) is 11.3. The van der Waals surface area contributed by atoms with Gasteiger partial charge in [-0.15, -0.1) is 0 Å². The number of rotatable bonds is 4. The van der Waals surface area contributed by atoms with Crippen molar-refractivity contribution >= 4 is 34.6 Å². The van der Waals surface area contributed by atoms with Crippen LogP contribution in [0.5, 0.6) is 5.75 Å². The number of nitrogens with zero attached hydrogens (tertiary/aromatic N) is 4. The molecule has 0 radical (unpaired) electrons. The summed E-state index contributed by atoms with van der Waals surface area (Å²) in [6.45, 7) is 4.81. The summed E-state index contributed by atoms with van der Waals surface area (Å²) < 4.78 is 61.4. The number of ether oxygens (including phenoxy) is 1. The van der Waals surface area contributed by atoms with Crippen LogP contribution in [0.25, 0.3) is 0 Å². The Labute approximate surface area is 211 Å². The summed E-state index contributed by atoms with van der Waals surface area (Å²) in [5, 5.41) is 8.96. The highest BCUT2D eigenvalue weighted by molar-refractivity contribution is 7.81. The fourth-order valence-corrected chi connectivity index (χ4v) is 4.99. The smallest absolute Gasteiger partial charge is 0.417 e. The second-order valence-corrected chi connectivity index (χ2v) is 9.76. The molecule has 0 aliphatic carbocycles. The predicted octanol–water partition coefficient (Wildman–Crippen LogP) is 5.11. The number of carbonyl (C=O) groups excluding carboxylic acids is 1. The van der Waals surface area contributed by atoms with Gasteiger partial charge < -0.3 is 14.5 Å². The average Bonchev–Trinajstić information content (AvgIpc) is 2.99. The van der Waals surface area contributed by atoms with Crippen molar-refractivity contribution in [3.8, 4) is 11.8 Å². The lowest BCUT2D eigenvalue weighted by atomic mass is 10.0. The zero-order valence-corrected chi connectivity index (χ0v) is 20.7. The molecule has 0 unspecified atom stereocenters. The third-order valence-electron chi connectivity index (χ3n) is 6.49. The van der Waals surface area contributed by atoms with Gasteiger partial charge >= 0.3 is 6.18 Å². The molecule has 4 rings (SSSR count). The molecule has 2 aromatic carbocycles. The standard InChI is InChI=1S/C25H24F4N4O2S/c1-24(2)22(34)32(16-5-4-15(14-30)19(12-16)25(27,28)29)23(36)33(24)17-6-7-21(20(26)13-17)35-18-8-10-31(3)11-9-18/h4-7,12-13,18H,8-11H2,1-3H3. The molecule has 11 heteroatoms. The minimum Gasteiger partial charge on any atom is -0.487 e. The van der Waals surface area contributed by atoms with Crippen LogP contribution >= 0.6 is 12.2 Å². The van der Waals surface area contributed by atoms with Crippen LogP contribution in [-0.4, -0.2) is 47.7 Å². The summed E-state index contributed by atoms with van der Waals surface area (Å²) in [7, 11) is 2.01. The molecule has 2 aliphatic heterocycles. The van der Waals surface area contributed by atoms with Crippen molar-refractivity contribution < 1.29 is 27.1 Å². The monoisotopic (exact) mass is 520 g/mol. The maximum Gasteiger partial charge on any atom is 0.417 e. The van der Waals surface area contributed by atoms with Gasteiger partial charge in [-0.1, -0.05) is 0 Å². The second kappa shape index (κ2) is 9.33. The molecule has 1 amide bonds. The van der Waals surface area contributed by atoms with E-state index in [1.807, 2.05) is 7.05 Å². The van der Waals surface area contributed by atoms with Crippen molar-refractivity contribution in [3.05, 3.63) is 53.3 Å². The number of nitriles is 1. The van der Waals surface area contributed by atoms with Crippen LogP contribution in [0.2, 0.25) is 0 Å². The molecule has 2 aromatic rings. The Morgan fingerprint density at radius 2 is 1.75 bits per heavy atom. The maximum atomic E-state index is 15.0. The number of alkyl halides is 3. The Hall–Kier alpha value is -3.23. The van der Waals surface area contributed by atoms with Gasteiger partial charge in [0, 0.05) is 24.8 Å². The number of halogens is 4. The van der Waals surface area contributed by atoms with Crippen molar-refractivity contribution in [2.75, 3.05) is 29.9 Å². The van der Waals surface area contributed by atoms with Crippen LogP contribution in [0, 0.1) is 17.1 Å². The number of amides is 1. The minimum absolute atomic E-state index is 0.0846. The topological polar surface area (TPSA) is 59.8 Å². The van der Waals surface area contributed by atoms with Crippen LogP contribution in [0.4, 0.5) is 28.9 Å². The Balaban J connectivity index is 1.65. The number of hydrogen-bond acceptors (Lipinski definition) is 5. The van der Waals surface area contributed by atoms with E-state index in [1.165, 1.54) is 29.2 Å².